The molecule has 0 aliphatic carbocycles. The van der Waals surface area contributed by atoms with E-state index in [-0.39, 0.29) is 16.6 Å². The maximum atomic E-state index is 12.7. The van der Waals surface area contributed by atoms with E-state index < -0.39 is 18.5 Å². The summed E-state index contributed by atoms with van der Waals surface area (Å²) in [6.45, 7) is 13.6. The summed E-state index contributed by atoms with van der Waals surface area (Å²) in [6.07, 6.45) is 0. The quantitative estimate of drug-likeness (QED) is 0.539. The molecule has 0 unspecified atom stereocenters. The number of ether oxygens (including phenoxy) is 1. The van der Waals surface area contributed by atoms with E-state index >= 15 is 0 Å². The predicted octanol–water partition coefficient (Wildman–Crippen LogP) is 5.28. The number of ketones is 1. The molecular weight excluding hydrogens is 378 g/mol. The molecule has 0 saturated carbocycles. The van der Waals surface area contributed by atoms with E-state index in [1.807, 2.05) is 12.1 Å². The summed E-state index contributed by atoms with van der Waals surface area (Å²) in [5, 5.41) is 2.65. The Labute approximate surface area is 178 Å². The predicted molar refractivity (Wildman–Crippen MR) is 119 cm³/mol. The normalized spacial score (nSPS) is 11.7. The second-order valence-corrected chi connectivity index (χ2v) is 9.56. The Morgan fingerprint density at radius 1 is 0.833 bits per heavy atom. The van der Waals surface area contributed by atoms with Gasteiger partial charge in [-0.2, -0.15) is 0 Å². The Kier molecular flexibility index (Phi) is 6.86. The summed E-state index contributed by atoms with van der Waals surface area (Å²) < 4.78 is 5.26. The van der Waals surface area contributed by atoms with Crippen molar-refractivity contribution in [1.29, 1.82) is 0 Å². The summed E-state index contributed by atoms with van der Waals surface area (Å²) in [5.41, 5.74) is 3.22. The minimum Gasteiger partial charge on any atom is -0.452 e. The zero-order valence-electron chi connectivity index (χ0n) is 18.9. The highest BCUT2D eigenvalue weighted by Gasteiger charge is 2.23. The number of carbonyl (C=O) groups is 3. The molecule has 0 heterocycles. The third-order valence-corrected chi connectivity index (χ3v) is 4.79. The number of hydrogen-bond donors (Lipinski definition) is 1. The topological polar surface area (TPSA) is 72.5 Å². The fourth-order valence-corrected chi connectivity index (χ4v) is 2.84. The van der Waals surface area contributed by atoms with Crippen LogP contribution in [0, 0.1) is 0 Å². The van der Waals surface area contributed by atoms with Crippen molar-refractivity contribution >= 4 is 23.3 Å². The van der Waals surface area contributed by atoms with Gasteiger partial charge in [0.2, 0.25) is 0 Å². The molecule has 0 fully saturated rings. The van der Waals surface area contributed by atoms with E-state index in [1.165, 1.54) is 6.92 Å². The highest BCUT2D eigenvalue weighted by atomic mass is 16.5. The molecule has 5 nitrogen and oxygen atoms in total. The second kappa shape index (κ2) is 8.82. The van der Waals surface area contributed by atoms with Gasteiger partial charge in [-0.3, -0.25) is 9.59 Å². The van der Waals surface area contributed by atoms with Gasteiger partial charge < -0.3 is 10.1 Å². The van der Waals surface area contributed by atoms with Gasteiger partial charge in [-0.1, -0.05) is 59.7 Å². The Morgan fingerprint density at radius 2 is 1.40 bits per heavy atom. The first-order chi connectivity index (χ1) is 13.8. The number of hydrogen-bond acceptors (Lipinski definition) is 4. The molecule has 1 amide bonds. The molecular formula is C25H31NO4. The van der Waals surface area contributed by atoms with Gasteiger partial charge in [-0.15, -0.1) is 0 Å². The van der Waals surface area contributed by atoms with Crippen molar-refractivity contribution in [3.63, 3.8) is 0 Å². The van der Waals surface area contributed by atoms with Gasteiger partial charge in [0.1, 0.15) is 0 Å². The van der Waals surface area contributed by atoms with Crippen molar-refractivity contribution in [2.24, 2.45) is 0 Å². The largest absolute Gasteiger partial charge is 0.452 e. The molecule has 2 aromatic rings. The fraction of sp³-hybridized carbons (Fsp3) is 0.400. The average Bonchev–Trinajstić information content (AvgIpc) is 2.64. The van der Waals surface area contributed by atoms with E-state index in [4.69, 9.17) is 4.74 Å². The van der Waals surface area contributed by atoms with Crippen molar-refractivity contribution in [2.75, 3.05) is 11.9 Å². The van der Waals surface area contributed by atoms with Crippen molar-refractivity contribution in [3.05, 3.63) is 64.7 Å². The van der Waals surface area contributed by atoms with Crippen LogP contribution >= 0.6 is 0 Å². The SMILES string of the molecule is CC(=O)c1cccc(NC(=O)COC(=O)c2cc(C(C)(C)C)cc(C(C)(C)C)c2)c1. The molecule has 2 aromatic carbocycles. The molecule has 0 atom stereocenters. The van der Waals surface area contributed by atoms with E-state index in [1.54, 1.807) is 24.3 Å². The first kappa shape index (κ1) is 23.3. The lowest BCUT2D eigenvalue weighted by Crippen LogP contribution is -2.22. The number of benzene rings is 2. The number of nitrogens with one attached hydrogen (secondary N) is 1. The maximum Gasteiger partial charge on any atom is 0.338 e. The van der Waals surface area contributed by atoms with Crippen molar-refractivity contribution in [3.8, 4) is 0 Å². The Morgan fingerprint density at radius 3 is 1.90 bits per heavy atom. The number of carbonyl (C=O) groups excluding carboxylic acids is 3. The summed E-state index contributed by atoms with van der Waals surface area (Å²) in [7, 11) is 0. The van der Waals surface area contributed by atoms with E-state index in [2.05, 4.69) is 52.9 Å². The zero-order chi connectivity index (χ0) is 22.7. The number of Topliss-reactive ketones (excluding diaryl/α,β-unsaturated/α-hetero) is 1. The summed E-state index contributed by atoms with van der Waals surface area (Å²) >= 11 is 0. The number of amides is 1. The molecule has 1 N–H and O–H groups in total. The van der Waals surface area contributed by atoms with Crippen LogP contribution in [0.4, 0.5) is 5.69 Å². The summed E-state index contributed by atoms with van der Waals surface area (Å²) in [6, 6.07) is 12.4. The lowest BCUT2D eigenvalue weighted by atomic mass is 9.79. The Balaban J connectivity index is 2.13. The van der Waals surface area contributed by atoms with Gasteiger partial charge in [0.15, 0.2) is 12.4 Å². The van der Waals surface area contributed by atoms with Crippen LogP contribution in [0.5, 0.6) is 0 Å². The standard InChI is InChI=1S/C25H31NO4/c1-16(27)17-9-8-10-21(13-17)26-22(28)15-30-23(29)18-11-19(24(2,3)4)14-20(12-18)25(5,6)7/h8-14H,15H2,1-7H3,(H,26,28). The van der Waals surface area contributed by atoms with Crippen LogP contribution in [0.3, 0.4) is 0 Å². The van der Waals surface area contributed by atoms with Crippen LogP contribution < -0.4 is 5.32 Å². The van der Waals surface area contributed by atoms with Crippen LogP contribution in [0.2, 0.25) is 0 Å². The number of esters is 1. The molecule has 0 aliphatic heterocycles. The van der Waals surface area contributed by atoms with E-state index in [0.717, 1.165) is 11.1 Å². The highest BCUT2D eigenvalue weighted by molar-refractivity contribution is 5.98. The van der Waals surface area contributed by atoms with Gasteiger partial charge in [-0.05, 0) is 53.1 Å². The monoisotopic (exact) mass is 409 g/mol. The van der Waals surface area contributed by atoms with Crippen LogP contribution in [0.1, 0.15) is 80.3 Å². The third kappa shape index (κ3) is 6.28. The molecule has 0 radical (unpaired) electrons. The van der Waals surface area contributed by atoms with Crippen LogP contribution in [-0.2, 0) is 20.4 Å². The minimum atomic E-state index is -0.542. The molecule has 30 heavy (non-hydrogen) atoms. The van der Waals surface area contributed by atoms with Gasteiger partial charge >= 0.3 is 5.97 Å². The first-order valence-electron chi connectivity index (χ1n) is 10.0. The first-order valence-corrected chi connectivity index (χ1v) is 10.0. The molecule has 0 aromatic heterocycles. The average molecular weight is 410 g/mol. The molecule has 0 bridgehead atoms. The highest BCUT2D eigenvalue weighted by Crippen LogP contribution is 2.30. The molecule has 2 rings (SSSR count). The van der Waals surface area contributed by atoms with Crippen molar-refractivity contribution < 1.29 is 19.1 Å². The Hall–Kier alpha value is -2.95. The molecule has 0 aliphatic rings. The smallest absolute Gasteiger partial charge is 0.338 e. The van der Waals surface area contributed by atoms with Crippen molar-refractivity contribution in [1.82, 2.24) is 0 Å². The van der Waals surface area contributed by atoms with E-state index in [9.17, 15) is 14.4 Å². The van der Waals surface area contributed by atoms with Crippen molar-refractivity contribution in [2.45, 2.75) is 59.3 Å². The zero-order valence-corrected chi connectivity index (χ0v) is 18.9. The number of anilines is 1. The molecule has 5 heteroatoms. The Bertz CT molecular complexity index is 930. The van der Waals surface area contributed by atoms with Gasteiger partial charge in [0, 0.05) is 11.3 Å². The van der Waals surface area contributed by atoms with Gasteiger partial charge in [0.25, 0.3) is 5.91 Å². The molecule has 0 saturated heterocycles. The maximum absolute atomic E-state index is 12.7. The lowest BCUT2D eigenvalue weighted by molar-refractivity contribution is -0.119. The van der Waals surface area contributed by atoms with Gasteiger partial charge in [0.05, 0.1) is 5.56 Å². The summed E-state index contributed by atoms with van der Waals surface area (Å²) in [5.74, 6) is -1.10. The number of rotatable bonds is 5. The lowest BCUT2D eigenvalue weighted by Gasteiger charge is -2.25. The molecule has 160 valence electrons. The third-order valence-electron chi connectivity index (χ3n) is 4.79. The summed E-state index contributed by atoms with van der Waals surface area (Å²) in [4.78, 5) is 36.3. The van der Waals surface area contributed by atoms with Crippen LogP contribution in [-0.4, -0.2) is 24.3 Å². The second-order valence-electron chi connectivity index (χ2n) is 9.56. The van der Waals surface area contributed by atoms with Crippen LogP contribution in [0.15, 0.2) is 42.5 Å². The molecule has 0 spiro atoms. The minimum absolute atomic E-state index is 0.0918. The van der Waals surface area contributed by atoms with Gasteiger partial charge in [-0.25, -0.2) is 4.79 Å². The van der Waals surface area contributed by atoms with E-state index in [0.29, 0.717) is 16.8 Å². The fourth-order valence-electron chi connectivity index (χ4n) is 2.84. The van der Waals surface area contributed by atoms with Crippen LogP contribution in [0.25, 0.3) is 0 Å².